The van der Waals surface area contributed by atoms with E-state index in [1.54, 1.807) is 6.92 Å². The number of benzene rings is 1. The second-order valence-electron chi connectivity index (χ2n) is 6.12. The Bertz CT molecular complexity index is 584. The Kier molecular flexibility index (Phi) is 6.99. The lowest BCUT2D eigenvalue weighted by Gasteiger charge is -2.06. The van der Waals surface area contributed by atoms with E-state index in [1.165, 1.54) is 11.1 Å². The van der Waals surface area contributed by atoms with Gasteiger partial charge in [-0.15, -0.1) is 6.58 Å². The highest BCUT2D eigenvalue weighted by atomic mass is 19.1. The number of hydrogen-bond acceptors (Lipinski definition) is 1. The van der Waals surface area contributed by atoms with Gasteiger partial charge >= 0.3 is 0 Å². The number of rotatable bonds is 9. The highest BCUT2D eigenvalue weighted by molar-refractivity contribution is 5.59. The zero-order valence-corrected chi connectivity index (χ0v) is 14.0. The molecule has 122 valence electrons. The zero-order valence-electron chi connectivity index (χ0n) is 14.0. The summed E-state index contributed by atoms with van der Waals surface area (Å²) in [4.78, 5) is 4.52. The van der Waals surface area contributed by atoms with Gasteiger partial charge in [0.1, 0.15) is 0 Å². The standard InChI is InChI=1S/C21H26FN/c1-3-7-19-12-15-21(23-16-19)20-13-10-18(11-14-20)9-6-4-5-8-17(2)22/h3,10-17H,1,4-9H2,2H3. The quantitative estimate of drug-likeness (QED) is 0.412. The average Bonchev–Trinajstić information content (AvgIpc) is 2.56. The van der Waals surface area contributed by atoms with Crippen molar-refractivity contribution in [3.8, 4) is 11.3 Å². The van der Waals surface area contributed by atoms with Crippen molar-refractivity contribution in [2.75, 3.05) is 0 Å². The molecule has 2 heteroatoms. The molecule has 0 bridgehead atoms. The Hall–Kier alpha value is -1.96. The molecule has 1 atom stereocenters. The lowest BCUT2D eigenvalue weighted by atomic mass is 10.0. The third-order valence-electron chi connectivity index (χ3n) is 4.02. The summed E-state index contributed by atoms with van der Waals surface area (Å²) in [5.41, 5.74) is 4.67. The number of pyridine rings is 1. The predicted molar refractivity (Wildman–Crippen MR) is 96.3 cm³/mol. The van der Waals surface area contributed by atoms with Crippen molar-refractivity contribution in [1.82, 2.24) is 4.98 Å². The summed E-state index contributed by atoms with van der Waals surface area (Å²) in [6.07, 6.45) is 8.95. The predicted octanol–water partition coefficient (Wildman–Crippen LogP) is 5.94. The summed E-state index contributed by atoms with van der Waals surface area (Å²) in [6, 6.07) is 12.8. The van der Waals surface area contributed by atoms with E-state index in [9.17, 15) is 4.39 Å². The minimum atomic E-state index is -0.667. The van der Waals surface area contributed by atoms with Gasteiger partial charge < -0.3 is 0 Å². The molecule has 2 aromatic rings. The van der Waals surface area contributed by atoms with E-state index in [-0.39, 0.29) is 0 Å². The molecule has 0 saturated heterocycles. The highest BCUT2D eigenvalue weighted by Gasteiger charge is 2.01. The average molecular weight is 311 g/mol. The fourth-order valence-electron chi connectivity index (χ4n) is 2.66. The van der Waals surface area contributed by atoms with E-state index in [2.05, 4.69) is 48.0 Å². The lowest BCUT2D eigenvalue weighted by Crippen LogP contribution is -1.93. The van der Waals surface area contributed by atoms with Gasteiger partial charge in [0.15, 0.2) is 0 Å². The largest absolute Gasteiger partial charge is 0.256 e. The second kappa shape index (κ2) is 9.24. The molecule has 0 saturated carbocycles. The van der Waals surface area contributed by atoms with Gasteiger partial charge in [-0.3, -0.25) is 4.98 Å². The summed E-state index contributed by atoms with van der Waals surface area (Å²) in [5.74, 6) is 0. The third-order valence-corrected chi connectivity index (χ3v) is 4.02. The first-order chi connectivity index (χ1) is 11.2. The molecule has 0 fully saturated rings. The summed E-state index contributed by atoms with van der Waals surface area (Å²) in [5, 5.41) is 0. The van der Waals surface area contributed by atoms with Gasteiger partial charge in [-0.1, -0.05) is 49.2 Å². The lowest BCUT2D eigenvalue weighted by molar-refractivity contribution is 0.330. The van der Waals surface area contributed by atoms with E-state index >= 15 is 0 Å². The van der Waals surface area contributed by atoms with Crippen molar-refractivity contribution in [2.45, 2.75) is 51.6 Å². The first-order valence-corrected chi connectivity index (χ1v) is 8.48. The fourth-order valence-corrected chi connectivity index (χ4v) is 2.66. The molecule has 0 amide bonds. The van der Waals surface area contributed by atoms with Crippen LogP contribution in [0.1, 0.15) is 43.7 Å². The Morgan fingerprint density at radius 1 is 1.04 bits per heavy atom. The van der Waals surface area contributed by atoms with E-state index in [0.717, 1.165) is 43.4 Å². The molecule has 0 radical (unpaired) electrons. The van der Waals surface area contributed by atoms with Crippen molar-refractivity contribution in [3.05, 3.63) is 66.4 Å². The summed E-state index contributed by atoms with van der Waals surface area (Å²) < 4.78 is 12.7. The van der Waals surface area contributed by atoms with Crippen molar-refractivity contribution < 1.29 is 4.39 Å². The second-order valence-corrected chi connectivity index (χ2v) is 6.12. The molecule has 0 aliphatic rings. The number of halogens is 1. The zero-order chi connectivity index (χ0) is 16.5. The van der Waals surface area contributed by atoms with Crippen molar-refractivity contribution in [1.29, 1.82) is 0 Å². The maximum absolute atomic E-state index is 12.7. The fraction of sp³-hybridized carbons (Fsp3) is 0.381. The van der Waals surface area contributed by atoms with Crippen LogP contribution < -0.4 is 0 Å². The summed E-state index contributed by atoms with van der Waals surface area (Å²) in [6.45, 7) is 5.38. The Morgan fingerprint density at radius 2 is 1.78 bits per heavy atom. The Labute approximate surface area is 139 Å². The van der Waals surface area contributed by atoms with Crippen LogP contribution in [0.2, 0.25) is 0 Å². The first-order valence-electron chi connectivity index (χ1n) is 8.48. The Balaban J connectivity index is 1.85. The number of alkyl halides is 1. The van der Waals surface area contributed by atoms with Crippen LogP contribution in [0.15, 0.2) is 55.3 Å². The molecule has 0 spiro atoms. The molecule has 0 aliphatic heterocycles. The number of aryl methyl sites for hydroxylation is 1. The summed E-state index contributed by atoms with van der Waals surface area (Å²) in [7, 11) is 0. The van der Waals surface area contributed by atoms with Gasteiger partial charge in [0.25, 0.3) is 0 Å². The van der Waals surface area contributed by atoms with Gasteiger partial charge in [0.2, 0.25) is 0 Å². The van der Waals surface area contributed by atoms with Crippen molar-refractivity contribution in [2.24, 2.45) is 0 Å². The van der Waals surface area contributed by atoms with E-state index in [4.69, 9.17) is 0 Å². The minimum Gasteiger partial charge on any atom is -0.256 e. The van der Waals surface area contributed by atoms with Gasteiger partial charge in [0.05, 0.1) is 11.9 Å². The highest BCUT2D eigenvalue weighted by Crippen LogP contribution is 2.19. The molecule has 23 heavy (non-hydrogen) atoms. The molecule has 0 aliphatic carbocycles. The molecule has 1 aromatic heterocycles. The normalized spacial score (nSPS) is 12.1. The van der Waals surface area contributed by atoms with Crippen molar-refractivity contribution in [3.63, 3.8) is 0 Å². The maximum atomic E-state index is 12.7. The monoisotopic (exact) mass is 311 g/mol. The first kappa shape index (κ1) is 17.4. The van der Waals surface area contributed by atoms with Crippen molar-refractivity contribution >= 4 is 0 Å². The van der Waals surface area contributed by atoms with Crippen LogP contribution in [-0.2, 0) is 12.8 Å². The molecule has 1 heterocycles. The molecular weight excluding hydrogens is 285 g/mol. The molecular formula is C21H26FN. The molecule has 2 rings (SSSR count). The minimum absolute atomic E-state index is 0.667. The number of unbranched alkanes of at least 4 members (excludes halogenated alkanes) is 2. The number of allylic oxidation sites excluding steroid dienone is 1. The van der Waals surface area contributed by atoms with Crippen LogP contribution in [0.5, 0.6) is 0 Å². The van der Waals surface area contributed by atoms with Crippen LogP contribution in [0.4, 0.5) is 4.39 Å². The van der Waals surface area contributed by atoms with E-state index in [1.807, 2.05) is 12.3 Å². The molecule has 1 unspecified atom stereocenters. The number of hydrogen-bond donors (Lipinski definition) is 0. The van der Waals surface area contributed by atoms with Gasteiger partial charge in [-0.2, -0.15) is 0 Å². The van der Waals surface area contributed by atoms with Crippen LogP contribution in [0.25, 0.3) is 11.3 Å². The topological polar surface area (TPSA) is 12.9 Å². The van der Waals surface area contributed by atoms with E-state index in [0.29, 0.717) is 6.42 Å². The van der Waals surface area contributed by atoms with E-state index < -0.39 is 6.17 Å². The number of aromatic nitrogens is 1. The van der Waals surface area contributed by atoms with Crippen LogP contribution >= 0.6 is 0 Å². The summed E-state index contributed by atoms with van der Waals surface area (Å²) >= 11 is 0. The van der Waals surface area contributed by atoms with Crippen LogP contribution in [0, 0.1) is 0 Å². The SMILES string of the molecule is C=CCc1ccc(-c2ccc(CCCCCC(C)F)cc2)nc1. The van der Waals surface area contributed by atoms with Crippen LogP contribution in [0.3, 0.4) is 0 Å². The van der Waals surface area contributed by atoms with Gasteiger partial charge in [0, 0.05) is 11.8 Å². The van der Waals surface area contributed by atoms with Gasteiger partial charge in [-0.05, 0) is 49.8 Å². The smallest absolute Gasteiger partial charge is 0.0973 e. The molecule has 0 N–H and O–H groups in total. The number of nitrogens with zero attached hydrogens (tertiary/aromatic N) is 1. The van der Waals surface area contributed by atoms with Gasteiger partial charge in [-0.25, -0.2) is 4.39 Å². The molecule has 1 aromatic carbocycles. The maximum Gasteiger partial charge on any atom is 0.0973 e. The third kappa shape index (κ3) is 5.97. The Morgan fingerprint density at radius 3 is 2.39 bits per heavy atom. The van der Waals surface area contributed by atoms with Crippen LogP contribution in [-0.4, -0.2) is 11.2 Å². The molecule has 1 nitrogen and oxygen atoms in total.